The second-order valence-corrected chi connectivity index (χ2v) is 3.98. The van der Waals surface area contributed by atoms with E-state index in [9.17, 15) is 5.11 Å². The van der Waals surface area contributed by atoms with Crippen LogP contribution in [0.4, 0.5) is 0 Å². The van der Waals surface area contributed by atoms with Crippen molar-refractivity contribution >= 4 is 0 Å². The second-order valence-electron chi connectivity index (χ2n) is 3.98. The Bertz CT molecular complexity index is 246. The van der Waals surface area contributed by atoms with Crippen molar-refractivity contribution in [1.82, 2.24) is 0 Å². The lowest BCUT2D eigenvalue weighted by Gasteiger charge is -2.06. The van der Waals surface area contributed by atoms with E-state index in [4.69, 9.17) is 0 Å². The lowest BCUT2D eigenvalue weighted by molar-refractivity contribution is 0.106. The van der Waals surface area contributed by atoms with Gasteiger partial charge in [-0.2, -0.15) is 0 Å². The summed E-state index contributed by atoms with van der Waals surface area (Å²) in [7, 11) is 0. The summed E-state index contributed by atoms with van der Waals surface area (Å²) in [6, 6.07) is 8.00. The summed E-state index contributed by atoms with van der Waals surface area (Å²) in [6.07, 6.45) is 0.487. The van der Waals surface area contributed by atoms with Crippen LogP contribution in [0.5, 0.6) is 0 Å². The van der Waals surface area contributed by atoms with E-state index in [0.717, 1.165) is 12.0 Å². The maximum Gasteiger partial charge on any atom is 0.115 e. The van der Waals surface area contributed by atoms with E-state index in [1.807, 2.05) is 12.1 Å². The predicted molar refractivity (Wildman–Crippen MR) is 54.1 cm³/mol. The fourth-order valence-electron chi connectivity index (χ4n) is 1.40. The summed E-state index contributed by atoms with van der Waals surface area (Å²) in [5.74, 6) is 0.676. The van der Waals surface area contributed by atoms with Gasteiger partial charge in [-0.15, -0.1) is 0 Å². The molecule has 0 aromatic heterocycles. The fraction of sp³-hybridized carbons (Fsp3) is 0.500. The molecule has 0 saturated heterocycles. The molecule has 0 saturated carbocycles. The van der Waals surface area contributed by atoms with Gasteiger partial charge in [-0.25, -0.2) is 5.11 Å². The monoisotopic (exact) mass is 177 g/mol. The first kappa shape index (κ1) is 10.3. The highest BCUT2D eigenvalue weighted by Gasteiger charge is 2.02. The van der Waals surface area contributed by atoms with Crippen LogP contribution in [0.15, 0.2) is 24.3 Å². The van der Waals surface area contributed by atoms with Crippen molar-refractivity contribution in [3.8, 4) is 0 Å². The zero-order chi connectivity index (χ0) is 9.84. The lowest BCUT2D eigenvalue weighted by atomic mass is 10.0. The van der Waals surface area contributed by atoms with Crippen LogP contribution in [0.3, 0.4) is 0 Å². The van der Waals surface area contributed by atoms with Gasteiger partial charge in [-0.1, -0.05) is 38.1 Å². The molecule has 13 heavy (non-hydrogen) atoms. The molecule has 1 rings (SSSR count). The molecule has 0 aliphatic heterocycles. The molecule has 1 heteroatoms. The zero-order valence-electron chi connectivity index (χ0n) is 8.58. The first-order valence-electron chi connectivity index (χ1n) is 4.84. The Morgan fingerprint density at radius 1 is 1.08 bits per heavy atom. The van der Waals surface area contributed by atoms with Crippen molar-refractivity contribution in [2.75, 3.05) is 0 Å². The van der Waals surface area contributed by atoms with Crippen LogP contribution < -0.4 is 0 Å². The zero-order valence-corrected chi connectivity index (χ0v) is 8.58. The molecular formula is C12H17O. The Kier molecular flexibility index (Phi) is 3.49. The largest absolute Gasteiger partial charge is 0.228 e. The van der Waals surface area contributed by atoms with Gasteiger partial charge in [0, 0.05) is 0 Å². The maximum absolute atomic E-state index is 11.1. The number of hydrogen-bond donors (Lipinski definition) is 0. The van der Waals surface area contributed by atoms with E-state index in [1.54, 1.807) is 6.92 Å². The van der Waals surface area contributed by atoms with Gasteiger partial charge in [0.2, 0.25) is 0 Å². The lowest BCUT2D eigenvalue weighted by Crippen LogP contribution is -1.95. The van der Waals surface area contributed by atoms with Crippen LogP contribution in [-0.2, 0) is 11.5 Å². The minimum Gasteiger partial charge on any atom is -0.228 e. The highest BCUT2D eigenvalue weighted by atomic mass is 16.3. The minimum atomic E-state index is -0.604. The Balaban J connectivity index is 2.70. The van der Waals surface area contributed by atoms with E-state index in [1.165, 1.54) is 5.56 Å². The first-order chi connectivity index (χ1) is 6.09. The SMILES string of the molecule is CC(C)Cc1ccc(C(C)[O])cc1. The molecule has 0 amide bonds. The van der Waals surface area contributed by atoms with Crippen LogP contribution in [0.1, 0.15) is 38.0 Å². The molecule has 1 unspecified atom stereocenters. The highest BCUT2D eigenvalue weighted by Crippen LogP contribution is 2.15. The number of benzene rings is 1. The molecular weight excluding hydrogens is 160 g/mol. The van der Waals surface area contributed by atoms with Gasteiger partial charge < -0.3 is 0 Å². The van der Waals surface area contributed by atoms with Crippen LogP contribution in [0, 0.1) is 5.92 Å². The molecule has 1 aromatic rings. The average molecular weight is 177 g/mol. The minimum absolute atomic E-state index is 0.604. The normalized spacial score (nSPS) is 13.3. The molecule has 0 fully saturated rings. The summed E-state index contributed by atoms with van der Waals surface area (Å²) in [6.45, 7) is 6.08. The summed E-state index contributed by atoms with van der Waals surface area (Å²) in [5.41, 5.74) is 2.20. The van der Waals surface area contributed by atoms with Gasteiger partial charge in [0.25, 0.3) is 0 Å². The molecule has 1 nitrogen and oxygen atoms in total. The maximum atomic E-state index is 11.1. The second kappa shape index (κ2) is 4.43. The fourth-order valence-corrected chi connectivity index (χ4v) is 1.40. The van der Waals surface area contributed by atoms with Gasteiger partial charge in [0.1, 0.15) is 6.10 Å². The van der Waals surface area contributed by atoms with Crippen molar-refractivity contribution in [2.45, 2.75) is 33.3 Å². The summed E-state index contributed by atoms with van der Waals surface area (Å²) >= 11 is 0. The van der Waals surface area contributed by atoms with E-state index < -0.39 is 6.10 Å². The number of rotatable bonds is 3. The Morgan fingerprint density at radius 3 is 2.00 bits per heavy atom. The van der Waals surface area contributed by atoms with E-state index in [2.05, 4.69) is 26.0 Å². The molecule has 71 valence electrons. The smallest absolute Gasteiger partial charge is 0.115 e. The van der Waals surface area contributed by atoms with Crippen molar-refractivity contribution < 1.29 is 5.11 Å². The first-order valence-corrected chi connectivity index (χ1v) is 4.84. The summed E-state index contributed by atoms with van der Waals surface area (Å²) in [5, 5.41) is 11.1. The predicted octanol–water partition coefficient (Wildman–Crippen LogP) is 3.38. The Labute approximate surface area is 80.4 Å². The molecule has 0 bridgehead atoms. The third-order valence-electron chi connectivity index (χ3n) is 2.09. The third-order valence-corrected chi connectivity index (χ3v) is 2.09. The van der Waals surface area contributed by atoms with Gasteiger partial charge in [-0.05, 0) is 30.4 Å². The molecule has 0 aliphatic carbocycles. The summed E-state index contributed by atoms with van der Waals surface area (Å²) in [4.78, 5) is 0. The Morgan fingerprint density at radius 2 is 1.62 bits per heavy atom. The molecule has 0 N–H and O–H groups in total. The standard InChI is InChI=1S/C12H17O/c1-9(2)8-11-4-6-12(7-5-11)10(3)13/h4-7,9-10H,8H2,1-3H3. The molecule has 1 aromatic carbocycles. The van der Waals surface area contributed by atoms with Crippen LogP contribution in [0.25, 0.3) is 0 Å². The van der Waals surface area contributed by atoms with Crippen LogP contribution in [0.2, 0.25) is 0 Å². The average Bonchev–Trinajstić information content (AvgIpc) is 2.04. The topological polar surface area (TPSA) is 19.9 Å². The van der Waals surface area contributed by atoms with Crippen molar-refractivity contribution in [2.24, 2.45) is 5.92 Å². The Hall–Kier alpha value is -0.820. The molecule has 0 aliphatic rings. The van der Waals surface area contributed by atoms with Gasteiger partial charge in [0.05, 0.1) is 0 Å². The van der Waals surface area contributed by atoms with Gasteiger partial charge in [0.15, 0.2) is 0 Å². The van der Waals surface area contributed by atoms with Crippen molar-refractivity contribution in [1.29, 1.82) is 0 Å². The highest BCUT2D eigenvalue weighted by molar-refractivity contribution is 5.23. The van der Waals surface area contributed by atoms with Crippen molar-refractivity contribution in [3.63, 3.8) is 0 Å². The third kappa shape index (κ3) is 3.19. The van der Waals surface area contributed by atoms with E-state index >= 15 is 0 Å². The van der Waals surface area contributed by atoms with E-state index in [-0.39, 0.29) is 0 Å². The quantitative estimate of drug-likeness (QED) is 0.674. The molecule has 1 radical (unpaired) electrons. The van der Waals surface area contributed by atoms with Crippen LogP contribution in [-0.4, -0.2) is 0 Å². The van der Waals surface area contributed by atoms with E-state index in [0.29, 0.717) is 5.92 Å². The van der Waals surface area contributed by atoms with Crippen molar-refractivity contribution in [3.05, 3.63) is 35.4 Å². The molecule has 0 spiro atoms. The van der Waals surface area contributed by atoms with Gasteiger partial charge in [-0.3, -0.25) is 0 Å². The molecule has 0 heterocycles. The molecule has 1 atom stereocenters. The van der Waals surface area contributed by atoms with Crippen LogP contribution >= 0.6 is 0 Å². The van der Waals surface area contributed by atoms with Gasteiger partial charge >= 0.3 is 0 Å². The number of hydrogen-bond acceptors (Lipinski definition) is 0. The summed E-state index contributed by atoms with van der Waals surface area (Å²) < 4.78 is 0.